The molecule has 0 heterocycles. The van der Waals surface area contributed by atoms with Gasteiger partial charge in [-0.05, 0) is 48.8 Å². The maximum Gasteiger partial charge on any atom is 0.276 e. The smallest absolute Gasteiger partial charge is 0.201 e. The van der Waals surface area contributed by atoms with E-state index in [0.717, 1.165) is 16.7 Å². The molecular weight excluding hydrogens is 230 g/mol. The van der Waals surface area contributed by atoms with Crippen LogP contribution in [0.5, 0.6) is 0 Å². The second kappa shape index (κ2) is 4.04. The molecule has 0 unspecified atom stereocenters. The van der Waals surface area contributed by atoms with E-state index in [1.54, 1.807) is 0 Å². The van der Waals surface area contributed by atoms with Crippen LogP contribution in [0.4, 0.5) is 8.78 Å². The molecule has 0 N–H and O–H groups in total. The Morgan fingerprint density at radius 3 is 1.78 bits per heavy atom. The highest BCUT2D eigenvalue weighted by Gasteiger charge is 2.49. The van der Waals surface area contributed by atoms with E-state index in [0.29, 0.717) is 12.8 Å². The molecule has 0 saturated heterocycles. The lowest BCUT2D eigenvalue weighted by Crippen LogP contribution is -2.21. The Bertz CT molecular complexity index is 439. The van der Waals surface area contributed by atoms with Gasteiger partial charge in [-0.25, -0.2) is 8.78 Å². The Labute approximate surface area is 108 Å². The molecule has 18 heavy (non-hydrogen) atoms. The Morgan fingerprint density at radius 2 is 1.44 bits per heavy atom. The van der Waals surface area contributed by atoms with Gasteiger partial charge in [0.05, 0.1) is 0 Å². The molecule has 1 aliphatic carbocycles. The van der Waals surface area contributed by atoms with Crippen LogP contribution in [-0.4, -0.2) is 0 Å². The lowest BCUT2D eigenvalue weighted by molar-refractivity contribution is -0.0297. The average Bonchev–Trinajstić information content (AvgIpc) is 2.96. The van der Waals surface area contributed by atoms with Gasteiger partial charge in [0.2, 0.25) is 0 Å². The van der Waals surface area contributed by atoms with Crippen molar-refractivity contribution in [1.82, 2.24) is 0 Å². The number of hydrogen-bond acceptors (Lipinski definition) is 0. The summed E-state index contributed by atoms with van der Waals surface area (Å²) in [5.41, 5.74) is 2.86. The van der Waals surface area contributed by atoms with Crippen molar-refractivity contribution >= 4 is 0 Å². The molecule has 1 saturated carbocycles. The van der Waals surface area contributed by atoms with Crippen LogP contribution in [0.3, 0.4) is 0 Å². The fraction of sp³-hybridized carbons (Fsp3) is 0.625. The number of alkyl halides is 2. The van der Waals surface area contributed by atoms with Crippen molar-refractivity contribution in [3.63, 3.8) is 0 Å². The van der Waals surface area contributed by atoms with E-state index in [9.17, 15) is 8.78 Å². The molecule has 2 rings (SSSR count). The van der Waals surface area contributed by atoms with Gasteiger partial charge < -0.3 is 0 Å². The van der Waals surface area contributed by atoms with Crippen molar-refractivity contribution in [2.45, 2.75) is 58.8 Å². The molecule has 1 aliphatic rings. The molecule has 1 aromatic carbocycles. The summed E-state index contributed by atoms with van der Waals surface area (Å²) in [4.78, 5) is 0. The lowest BCUT2D eigenvalue weighted by atomic mass is 9.82. The van der Waals surface area contributed by atoms with Crippen LogP contribution in [0.2, 0.25) is 0 Å². The maximum atomic E-state index is 14.3. The first kappa shape index (κ1) is 13.5. The summed E-state index contributed by atoms with van der Waals surface area (Å²) in [5, 5.41) is 0. The predicted molar refractivity (Wildman–Crippen MR) is 71.2 cm³/mol. The number of hydrogen-bond donors (Lipinski definition) is 0. The van der Waals surface area contributed by atoms with Crippen LogP contribution < -0.4 is 0 Å². The van der Waals surface area contributed by atoms with Crippen LogP contribution >= 0.6 is 0 Å². The van der Waals surface area contributed by atoms with Crippen molar-refractivity contribution in [3.8, 4) is 0 Å². The van der Waals surface area contributed by atoms with Gasteiger partial charge in [-0.15, -0.1) is 0 Å². The van der Waals surface area contributed by atoms with Gasteiger partial charge in [0, 0.05) is 11.5 Å². The monoisotopic (exact) mass is 252 g/mol. The standard InChI is InChI=1S/C16H22F2/c1-10-8-13(15(3,4)5)9-11(2)14(10)16(17,18)12-6-7-12/h8-9,12H,6-7H2,1-5H3. The van der Waals surface area contributed by atoms with Crippen LogP contribution in [0, 0.1) is 19.8 Å². The third-order valence-corrected chi connectivity index (χ3v) is 3.82. The van der Waals surface area contributed by atoms with Crippen molar-refractivity contribution < 1.29 is 8.78 Å². The first-order valence-electron chi connectivity index (χ1n) is 6.64. The first-order valence-corrected chi connectivity index (χ1v) is 6.64. The lowest BCUT2D eigenvalue weighted by Gasteiger charge is -2.26. The van der Waals surface area contributed by atoms with Crippen molar-refractivity contribution in [3.05, 3.63) is 34.4 Å². The van der Waals surface area contributed by atoms with E-state index in [4.69, 9.17) is 0 Å². The largest absolute Gasteiger partial charge is 0.276 e. The van der Waals surface area contributed by atoms with Crippen LogP contribution in [-0.2, 0) is 11.3 Å². The highest BCUT2D eigenvalue weighted by atomic mass is 19.3. The normalized spacial score (nSPS) is 17.1. The Balaban J connectivity index is 2.51. The van der Waals surface area contributed by atoms with Crippen LogP contribution in [0.25, 0.3) is 0 Å². The minimum Gasteiger partial charge on any atom is -0.201 e. The Hall–Kier alpha value is -0.920. The summed E-state index contributed by atoms with van der Waals surface area (Å²) in [6.07, 6.45) is 1.32. The van der Waals surface area contributed by atoms with E-state index >= 15 is 0 Å². The molecule has 0 amide bonds. The minimum atomic E-state index is -2.65. The maximum absolute atomic E-state index is 14.3. The molecule has 1 aromatic rings. The molecule has 0 aliphatic heterocycles. The SMILES string of the molecule is Cc1cc(C(C)(C)C)cc(C)c1C(F)(F)C1CC1. The summed E-state index contributed by atoms with van der Waals surface area (Å²) < 4.78 is 28.6. The molecule has 0 nitrogen and oxygen atoms in total. The second-order valence-electron chi connectivity index (χ2n) is 6.63. The van der Waals surface area contributed by atoms with E-state index in [1.807, 2.05) is 26.0 Å². The van der Waals surface area contributed by atoms with Gasteiger partial charge in [-0.1, -0.05) is 32.9 Å². The average molecular weight is 252 g/mol. The molecular formula is C16H22F2. The summed E-state index contributed by atoms with van der Waals surface area (Å²) >= 11 is 0. The Kier molecular flexibility index (Phi) is 3.03. The fourth-order valence-corrected chi connectivity index (χ4v) is 2.57. The summed E-state index contributed by atoms with van der Waals surface area (Å²) in [6.45, 7) is 9.96. The van der Waals surface area contributed by atoms with Gasteiger partial charge in [-0.3, -0.25) is 0 Å². The molecule has 2 heteroatoms. The van der Waals surface area contributed by atoms with Crippen LogP contribution in [0.15, 0.2) is 12.1 Å². The molecule has 0 radical (unpaired) electrons. The number of rotatable bonds is 2. The van der Waals surface area contributed by atoms with Gasteiger partial charge in [0.1, 0.15) is 0 Å². The molecule has 0 bridgehead atoms. The quantitative estimate of drug-likeness (QED) is 0.686. The van der Waals surface area contributed by atoms with E-state index in [1.165, 1.54) is 0 Å². The van der Waals surface area contributed by atoms with Gasteiger partial charge in [0.15, 0.2) is 0 Å². The summed E-state index contributed by atoms with van der Waals surface area (Å²) in [7, 11) is 0. The second-order valence-corrected chi connectivity index (χ2v) is 6.63. The topological polar surface area (TPSA) is 0 Å². The first-order chi connectivity index (χ1) is 8.14. The summed E-state index contributed by atoms with van der Waals surface area (Å²) in [6, 6.07) is 3.86. The third kappa shape index (κ3) is 2.30. The number of benzene rings is 1. The molecule has 0 atom stereocenters. The Morgan fingerprint density at radius 1 is 1.00 bits per heavy atom. The van der Waals surface area contributed by atoms with Crippen LogP contribution in [0.1, 0.15) is 55.9 Å². The van der Waals surface area contributed by atoms with Crippen molar-refractivity contribution in [2.75, 3.05) is 0 Å². The van der Waals surface area contributed by atoms with Crippen molar-refractivity contribution in [1.29, 1.82) is 0 Å². The van der Waals surface area contributed by atoms with E-state index in [-0.39, 0.29) is 11.0 Å². The molecule has 0 spiro atoms. The van der Waals surface area contributed by atoms with E-state index < -0.39 is 11.8 Å². The van der Waals surface area contributed by atoms with Gasteiger partial charge in [-0.2, -0.15) is 0 Å². The zero-order valence-electron chi connectivity index (χ0n) is 11.9. The van der Waals surface area contributed by atoms with Crippen molar-refractivity contribution in [2.24, 2.45) is 5.92 Å². The minimum absolute atomic E-state index is 0.00289. The number of aryl methyl sites for hydroxylation is 2. The fourth-order valence-electron chi connectivity index (χ4n) is 2.57. The van der Waals surface area contributed by atoms with E-state index in [2.05, 4.69) is 20.8 Å². The summed E-state index contributed by atoms with van der Waals surface area (Å²) in [5.74, 6) is -3.08. The zero-order valence-corrected chi connectivity index (χ0v) is 11.9. The predicted octanol–water partition coefficient (Wildman–Crippen LogP) is 5.10. The molecule has 1 fully saturated rings. The highest BCUT2D eigenvalue weighted by Crippen LogP contribution is 2.51. The highest BCUT2D eigenvalue weighted by molar-refractivity contribution is 5.43. The number of halogens is 2. The zero-order chi connectivity index (χ0) is 13.7. The van der Waals surface area contributed by atoms with Gasteiger partial charge in [0.25, 0.3) is 5.92 Å². The molecule has 100 valence electrons. The third-order valence-electron chi connectivity index (χ3n) is 3.82. The van der Waals surface area contributed by atoms with Gasteiger partial charge >= 0.3 is 0 Å². The molecule has 0 aromatic heterocycles.